The molecule has 1 atom stereocenters. The summed E-state index contributed by atoms with van der Waals surface area (Å²) in [7, 11) is 0. The van der Waals surface area contributed by atoms with Gasteiger partial charge in [-0.3, -0.25) is 0 Å². The number of pyridine rings is 2. The lowest BCUT2D eigenvalue weighted by Crippen LogP contribution is -2.42. The molecule has 3 aromatic rings. The molecule has 0 aliphatic heterocycles. The predicted molar refractivity (Wildman–Crippen MR) is 120 cm³/mol. The van der Waals surface area contributed by atoms with Gasteiger partial charge < -0.3 is 16.0 Å². The van der Waals surface area contributed by atoms with Gasteiger partial charge in [0.05, 0.1) is 17.1 Å². The highest BCUT2D eigenvalue weighted by molar-refractivity contribution is 5.82. The summed E-state index contributed by atoms with van der Waals surface area (Å²) in [6.45, 7) is 8.68. The molecular weight excluding hydrogens is 358 g/mol. The Morgan fingerprint density at radius 1 is 1.31 bits per heavy atom. The Labute approximate surface area is 171 Å². The molecule has 0 fully saturated rings. The minimum atomic E-state index is -0.315. The van der Waals surface area contributed by atoms with Gasteiger partial charge in [0.25, 0.3) is 0 Å². The minimum Gasteiger partial charge on any atom is -0.382 e. The van der Waals surface area contributed by atoms with Crippen LogP contribution in [0.5, 0.6) is 0 Å². The molecule has 0 radical (unpaired) electrons. The Morgan fingerprint density at radius 3 is 2.93 bits per heavy atom. The minimum absolute atomic E-state index is 0.315. The van der Waals surface area contributed by atoms with Crippen molar-refractivity contribution in [3.8, 4) is 11.3 Å². The van der Waals surface area contributed by atoms with Crippen LogP contribution in [0, 0.1) is 0 Å². The third-order valence-electron chi connectivity index (χ3n) is 4.98. The van der Waals surface area contributed by atoms with E-state index < -0.39 is 0 Å². The summed E-state index contributed by atoms with van der Waals surface area (Å²) in [6, 6.07) is 10.3. The quantitative estimate of drug-likeness (QED) is 0.583. The molecule has 1 unspecified atom stereocenters. The Balaban J connectivity index is 1.58. The van der Waals surface area contributed by atoms with E-state index in [1.807, 2.05) is 38.2 Å². The molecule has 3 aromatic heterocycles. The molecule has 29 heavy (non-hydrogen) atoms. The van der Waals surface area contributed by atoms with Crippen LogP contribution in [0.15, 0.2) is 67.4 Å². The van der Waals surface area contributed by atoms with E-state index in [9.17, 15) is 0 Å². The lowest BCUT2D eigenvalue weighted by Gasteiger charge is -2.20. The Bertz CT molecular complexity index is 1100. The van der Waals surface area contributed by atoms with Crippen molar-refractivity contribution in [2.24, 2.45) is 5.73 Å². The van der Waals surface area contributed by atoms with E-state index in [1.54, 1.807) is 0 Å². The van der Waals surface area contributed by atoms with E-state index >= 15 is 0 Å². The normalized spacial score (nSPS) is 16.3. The number of nitrogens with zero attached hydrogens (tertiary/aromatic N) is 2. The van der Waals surface area contributed by atoms with Crippen molar-refractivity contribution in [3.63, 3.8) is 0 Å². The zero-order valence-corrected chi connectivity index (χ0v) is 16.9. The van der Waals surface area contributed by atoms with Crippen molar-refractivity contribution in [3.05, 3.63) is 78.8 Å². The van der Waals surface area contributed by atoms with Crippen LogP contribution in [0.2, 0.25) is 0 Å². The summed E-state index contributed by atoms with van der Waals surface area (Å²) in [5.41, 5.74) is 11.2. The molecule has 1 aliphatic rings. The smallest absolute Gasteiger partial charge is 0.137 e. The third kappa shape index (κ3) is 4.46. The fourth-order valence-electron chi connectivity index (χ4n) is 3.38. The SMILES string of the molecule is C=C(NCC(C)(C)N)c1cccc(-c2cnc3[nH]c(C4C=CC=CC4)cc3c2)n1. The van der Waals surface area contributed by atoms with Crippen molar-refractivity contribution in [2.45, 2.75) is 31.7 Å². The zero-order chi connectivity index (χ0) is 20.4. The Kier molecular flexibility index (Phi) is 5.07. The van der Waals surface area contributed by atoms with Gasteiger partial charge in [0.15, 0.2) is 0 Å². The van der Waals surface area contributed by atoms with Crippen LogP contribution in [-0.4, -0.2) is 27.0 Å². The van der Waals surface area contributed by atoms with Crippen LogP contribution < -0.4 is 11.1 Å². The molecule has 5 nitrogen and oxygen atoms in total. The summed E-state index contributed by atoms with van der Waals surface area (Å²) in [6.07, 6.45) is 11.5. The van der Waals surface area contributed by atoms with Crippen molar-refractivity contribution in [2.75, 3.05) is 6.54 Å². The zero-order valence-electron chi connectivity index (χ0n) is 16.9. The van der Waals surface area contributed by atoms with Crippen LogP contribution in [0.3, 0.4) is 0 Å². The Morgan fingerprint density at radius 2 is 2.17 bits per heavy atom. The fourth-order valence-corrected chi connectivity index (χ4v) is 3.38. The number of fused-ring (bicyclic) bond motifs is 1. The van der Waals surface area contributed by atoms with Gasteiger partial charge in [-0.15, -0.1) is 0 Å². The van der Waals surface area contributed by atoms with Gasteiger partial charge in [-0.05, 0) is 44.5 Å². The van der Waals surface area contributed by atoms with Crippen LogP contribution >= 0.6 is 0 Å². The van der Waals surface area contributed by atoms with Crippen LogP contribution in [0.4, 0.5) is 0 Å². The van der Waals surface area contributed by atoms with Crippen molar-refractivity contribution >= 4 is 16.7 Å². The highest BCUT2D eigenvalue weighted by atomic mass is 15.0. The average molecular weight is 386 g/mol. The third-order valence-corrected chi connectivity index (χ3v) is 4.98. The molecule has 5 heteroatoms. The predicted octanol–water partition coefficient (Wildman–Crippen LogP) is 4.52. The molecule has 0 amide bonds. The largest absolute Gasteiger partial charge is 0.382 e. The molecule has 4 rings (SSSR count). The standard InChI is InChI=1S/C24H27N5/c1-16(27-15-24(2,3)25)20-10-7-11-21(28-20)19-12-18-13-22(29-23(18)26-14-19)17-8-5-4-6-9-17/h4-8,10-14,17,27H,1,9,15,25H2,2-3H3,(H,26,29). The second-order valence-electron chi connectivity index (χ2n) is 8.27. The molecule has 0 saturated carbocycles. The number of nitrogens with one attached hydrogen (secondary N) is 2. The number of hydrogen-bond acceptors (Lipinski definition) is 4. The molecule has 1 aliphatic carbocycles. The van der Waals surface area contributed by atoms with Crippen LogP contribution in [-0.2, 0) is 0 Å². The number of aromatic nitrogens is 3. The van der Waals surface area contributed by atoms with Gasteiger partial charge >= 0.3 is 0 Å². The first kappa shape index (κ1) is 19.2. The summed E-state index contributed by atoms with van der Waals surface area (Å²) in [5, 5.41) is 4.36. The first-order valence-corrected chi connectivity index (χ1v) is 9.90. The van der Waals surface area contributed by atoms with E-state index in [-0.39, 0.29) is 5.54 Å². The van der Waals surface area contributed by atoms with Gasteiger partial charge in [0.2, 0.25) is 0 Å². The van der Waals surface area contributed by atoms with Gasteiger partial charge in [-0.25, -0.2) is 9.97 Å². The number of H-pyrrole nitrogens is 1. The van der Waals surface area contributed by atoms with E-state index in [2.05, 4.69) is 58.3 Å². The fraction of sp³-hybridized carbons (Fsp3) is 0.250. The first-order valence-electron chi connectivity index (χ1n) is 9.90. The van der Waals surface area contributed by atoms with E-state index in [4.69, 9.17) is 10.7 Å². The molecule has 148 valence electrons. The second-order valence-corrected chi connectivity index (χ2v) is 8.27. The Hall–Kier alpha value is -3.18. The molecule has 0 aromatic carbocycles. The van der Waals surface area contributed by atoms with E-state index in [0.717, 1.165) is 40.1 Å². The second kappa shape index (κ2) is 7.68. The number of hydrogen-bond donors (Lipinski definition) is 3. The molecule has 4 N–H and O–H groups in total. The topological polar surface area (TPSA) is 79.6 Å². The van der Waals surface area contributed by atoms with Gasteiger partial charge in [-0.1, -0.05) is 36.9 Å². The van der Waals surface area contributed by atoms with E-state index in [1.165, 1.54) is 5.69 Å². The van der Waals surface area contributed by atoms with Crippen LogP contribution in [0.1, 0.15) is 37.6 Å². The van der Waals surface area contributed by atoms with Crippen molar-refractivity contribution < 1.29 is 0 Å². The summed E-state index contributed by atoms with van der Waals surface area (Å²) >= 11 is 0. The van der Waals surface area contributed by atoms with Gasteiger partial charge in [0, 0.05) is 40.8 Å². The molecule has 3 heterocycles. The van der Waals surface area contributed by atoms with Crippen molar-refractivity contribution in [1.82, 2.24) is 20.3 Å². The van der Waals surface area contributed by atoms with E-state index in [0.29, 0.717) is 12.5 Å². The highest BCUT2D eigenvalue weighted by Gasteiger charge is 2.14. The maximum Gasteiger partial charge on any atom is 0.137 e. The summed E-state index contributed by atoms with van der Waals surface area (Å²) in [4.78, 5) is 12.8. The lowest BCUT2D eigenvalue weighted by molar-refractivity contribution is 0.504. The maximum atomic E-state index is 6.05. The molecule has 0 spiro atoms. The molecule has 0 saturated heterocycles. The number of aromatic amines is 1. The maximum absolute atomic E-state index is 6.05. The van der Waals surface area contributed by atoms with Crippen LogP contribution in [0.25, 0.3) is 28.0 Å². The summed E-state index contributed by atoms with van der Waals surface area (Å²) < 4.78 is 0. The average Bonchev–Trinajstić information content (AvgIpc) is 3.15. The molecular formula is C24H27N5. The number of rotatable bonds is 6. The van der Waals surface area contributed by atoms with Gasteiger partial charge in [0.1, 0.15) is 5.65 Å². The van der Waals surface area contributed by atoms with Crippen molar-refractivity contribution in [1.29, 1.82) is 0 Å². The number of nitrogens with two attached hydrogens (primary N) is 1. The summed E-state index contributed by atoms with van der Waals surface area (Å²) in [5.74, 6) is 0.375. The monoisotopic (exact) mass is 385 g/mol. The number of allylic oxidation sites excluding steroid dienone is 4. The highest BCUT2D eigenvalue weighted by Crippen LogP contribution is 2.28. The lowest BCUT2D eigenvalue weighted by atomic mass is 9.97. The molecule has 0 bridgehead atoms. The first-order chi connectivity index (χ1) is 13.9. The van der Waals surface area contributed by atoms with Gasteiger partial charge in [-0.2, -0.15) is 0 Å².